The molecule has 2 heterocycles. The third-order valence-electron chi connectivity index (χ3n) is 6.00. The lowest BCUT2D eigenvalue weighted by molar-refractivity contribution is -0.198. The quantitative estimate of drug-likeness (QED) is 0.377. The predicted octanol–water partition coefficient (Wildman–Crippen LogP) is 1.71. The number of carbonyl (C=O) groups is 1. The lowest BCUT2D eigenvalue weighted by Gasteiger charge is -2.40. The maximum absolute atomic E-state index is 11.6. The Balaban J connectivity index is 0.000000300. The fraction of sp³-hybridized carbons (Fsp3) is 0.952. The van der Waals surface area contributed by atoms with E-state index in [1.54, 1.807) is 20.2 Å². The monoisotopic (exact) mass is 468 g/mol. The van der Waals surface area contributed by atoms with Gasteiger partial charge >= 0.3 is 0 Å². The molecule has 0 aromatic heterocycles. The zero-order valence-electron chi connectivity index (χ0n) is 18.9. The van der Waals surface area contributed by atoms with Crippen molar-refractivity contribution in [1.82, 2.24) is 10.6 Å². The molecule has 0 saturated carbocycles. The predicted molar refractivity (Wildman–Crippen MR) is 123 cm³/mol. The summed E-state index contributed by atoms with van der Waals surface area (Å²) in [5.74, 6) is 1.58. The van der Waals surface area contributed by atoms with E-state index in [2.05, 4.69) is 24.5 Å². The zero-order chi connectivity index (χ0) is 22.8. The summed E-state index contributed by atoms with van der Waals surface area (Å²) in [6.07, 6.45) is 3.13. The number of nitrogens with one attached hydrogen (secondary N) is 2. The second kappa shape index (κ2) is 14.1. The highest BCUT2D eigenvalue weighted by Gasteiger charge is 2.43. The van der Waals surface area contributed by atoms with Crippen LogP contribution in [0, 0.1) is 11.8 Å². The van der Waals surface area contributed by atoms with Crippen LogP contribution in [-0.4, -0.2) is 82.3 Å². The first-order valence-corrected chi connectivity index (χ1v) is 12.7. The third-order valence-corrected chi connectivity index (χ3v) is 7.03. The van der Waals surface area contributed by atoms with Crippen molar-refractivity contribution in [1.29, 1.82) is 0 Å². The van der Waals surface area contributed by atoms with Crippen molar-refractivity contribution in [2.24, 2.45) is 11.8 Å². The average molecular weight is 469 g/mol. The largest absolute Gasteiger partial charge is 0.388 e. The molecular weight excluding hydrogens is 428 g/mol. The zero-order valence-corrected chi connectivity index (χ0v) is 20.5. The number of amides is 1. The van der Waals surface area contributed by atoms with Gasteiger partial charge in [0.05, 0.1) is 12.1 Å². The van der Waals surface area contributed by atoms with E-state index >= 15 is 0 Å². The normalized spacial score (nSPS) is 38.0. The van der Waals surface area contributed by atoms with Gasteiger partial charge in [-0.2, -0.15) is 0 Å². The molecule has 9 atom stereocenters. The molecule has 0 spiro atoms. The Morgan fingerprint density at radius 1 is 1.30 bits per heavy atom. The van der Waals surface area contributed by atoms with Crippen LogP contribution in [0.2, 0.25) is 0 Å². The standard InChI is InChI=1S/C12H24N2O.C9H17ClO4S/c1-4-5-10-6-7-14-11(8-9(10)2)12(15)13-3;1-4(10)3-5-6(11)7(12)8(13)9(14-5)15-2/h9-11,14H,4-8H2,1-3H3,(H,13,15);4-9,11-13H,3H2,1-2H3/t9?,10?,11-;4-,5+,6-,7-,8+,9+/m00/s1. The molecule has 2 aliphatic rings. The van der Waals surface area contributed by atoms with E-state index in [0.29, 0.717) is 12.3 Å². The molecule has 1 amide bonds. The third kappa shape index (κ3) is 8.45. The molecule has 2 rings (SSSR count). The smallest absolute Gasteiger partial charge is 0.236 e. The molecule has 5 N–H and O–H groups in total. The summed E-state index contributed by atoms with van der Waals surface area (Å²) >= 11 is 7.11. The van der Waals surface area contributed by atoms with Gasteiger partial charge < -0.3 is 30.7 Å². The Bertz CT molecular complexity index is 500. The molecule has 2 fully saturated rings. The maximum Gasteiger partial charge on any atom is 0.236 e. The fourth-order valence-corrected chi connectivity index (χ4v) is 5.04. The van der Waals surface area contributed by atoms with Gasteiger partial charge in [-0.05, 0) is 50.8 Å². The van der Waals surface area contributed by atoms with Crippen LogP contribution in [-0.2, 0) is 9.53 Å². The Morgan fingerprint density at radius 3 is 2.50 bits per heavy atom. The average Bonchev–Trinajstić information content (AvgIpc) is 2.90. The molecule has 0 aromatic rings. The van der Waals surface area contributed by atoms with Crippen LogP contribution in [0.4, 0.5) is 0 Å². The summed E-state index contributed by atoms with van der Waals surface area (Å²) in [5, 5.41) is 34.8. The molecule has 7 nitrogen and oxygen atoms in total. The molecular formula is C21H41ClN2O5S. The first-order chi connectivity index (χ1) is 14.2. The summed E-state index contributed by atoms with van der Waals surface area (Å²) in [6, 6.07) is 0.0202. The van der Waals surface area contributed by atoms with Crippen LogP contribution >= 0.6 is 23.4 Å². The van der Waals surface area contributed by atoms with Gasteiger partial charge in [0.2, 0.25) is 5.91 Å². The van der Waals surface area contributed by atoms with Gasteiger partial charge in [0.1, 0.15) is 23.7 Å². The summed E-state index contributed by atoms with van der Waals surface area (Å²) in [7, 11) is 1.71. The number of alkyl halides is 1. The van der Waals surface area contributed by atoms with Crippen molar-refractivity contribution in [3.05, 3.63) is 0 Å². The van der Waals surface area contributed by atoms with Crippen molar-refractivity contribution >= 4 is 29.3 Å². The highest BCUT2D eigenvalue weighted by Crippen LogP contribution is 2.30. The maximum atomic E-state index is 11.6. The van der Waals surface area contributed by atoms with E-state index in [-0.39, 0.29) is 17.3 Å². The van der Waals surface area contributed by atoms with E-state index in [1.165, 1.54) is 31.0 Å². The van der Waals surface area contributed by atoms with E-state index in [4.69, 9.17) is 16.3 Å². The van der Waals surface area contributed by atoms with Crippen molar-refractivity contribution in [3.63, 3.8) is 0 Å². The molecule has 0 aliphatic carbocycles. The Kier molecular flexibility index (Phi) is 13.2. The van der Waals surface area contributed by atoms with E-state index in [0.717, 1.165) is 18.9 Å². The van der Waals surface area contributed by atoms with Gasteiger partial charge in [-0.1, -0.05) is 26.7 Å². The minimum atomic E-state index is -1.17. The van der Waals surface area contributed by atoms with Crippen LogP contribution in [0.5, 0.6) is 0 Å². The van der Waals surface area contributed by atoms with Crippen LogP contribution in [0.3, 0.4) is 0 Å². The summed E-state index contributed by atoms with van der Waals surface area (Å²) in [4.78, 5) is 11.6. The molecule has 2 unspecified atom stereocenters. The van der Waals surface area contributed by atoms with Crippen molar-refractivity contribution < 1.29 is 24.9 Å². The molecule has 9 heteroatoms. The molecule has 0 radical (unpaired) electrons. The Hall–Kier alpha value is -0.0900. The van der Waals surface area contributed by atoms with Gasteiger partial charge in [0.25, 0.3) is 0 Å². The number of aliphatic hydroxyl groups excluding tert-OH is 3. The first kappa shape index (κ1) is 27.9. The number of likely N-dealkylation sites (N-methyl/N-ethyl adjacent to an activating group) is 1. The topological polar surface area (TPSA) is 111 Å². The number of thioether (sulfide) groups is 1. The molecule has 30 heavy (non-hydrogen) atoms. The Labute approximate surface area is 190 Å². The highest BCUT2D eigenvalue weighted by molar-refractivity contribution is 7.99. The lowest BCUT2D eigenvalue weighted by Crippen LogP contribution is -2.56. The number of rotatable bonds is 6. The lowest BCUT2D eigenvalue weighted by atomic mass is 9.85. The van der Waals surface area contributed by atoms with Gasteiger partial charge in [-0.15, -0.1) is 23.4 Å². The number of ether oxygens (including phenoxy) is 1. The van der Waals surface area contributed by atoms with Gasteiger partial charge in [0, 0.05) is 12.4 Å². The molecule has 0 bridgehead atoms. The first-order valence-electron chi connectivity index (χ1n) is 11.0. The summed E-state index contributed by atoms with van der Waals surface area (Å²) in [5.41, 5.74) is -0.510. The van der Waals surface area contributed by atoms with Crippen molar-refractivity contribution in [2.75, 3.05) is 19.8 Å². The highest BCUT2D eigenvalue weighted by atomic mass is 35.5. The van der Waals surface area contributed by atoms with Crippen LogP contribution in [0.25, 0.3) is 0 Å². The summed E-state index contributed by atoms with van der Waals surface area (Å²) in [6.45, 7) is 7.29. The van der Waals surface area contributed by atoms with Gasteiger partial charge in [-0.25, -0.2) is 0 Å². The minimum absolute atomic E-state index is 0.0202. The SMILES string of the molecule is CCCC1CCN[C@H](C(=O)NC)CC1C.CS[C@H]1O[C@H](C[C@H](C)Cl)[C@H](O)[C@H](O)[C@H]1O. The molecule has 2 saturated heterocycles. The van der Waals surface area contributed by atoms with E-state index < -0.39 is 29.9 Å². The number of aliphatic hydroxyl groups is 3. The number of halogens is 1. The van der Waals surface area contributed by atoms with Crippen LogP contribution < -0.4 is 10.6 Å². The molecule has 178 valence electrons. The minimum Gasteiger partial charge on any atom is -0.388 e. The Morgan fingerprint density at radius 2 is 1.97 bits per heavy atom. The van der Waals surface area contributed by atoms with E-state index in [9.17, 15) is 20.1 Å². The van der Waals surface area contributed by atoms with Crippen molar-refractivity contribution in [2.45, 2.75) is 94.1 Å². The molecule has 0 aromatic carbocycles. The van der Waals surface area contributed by atoms with E-state index in [1.807, 2.05) is 0 Å². The van der Waals surface area contributed by atoms with Crippen molar-refractivity contribution in [3.8, 4) is 0 Å². The molecule has 2 aliphatic heterocycles. The van der Waals surface area contributed by atoms with Crippen LogP contribution in [0.1, 0.15) is 52.9 Å². The number of hydrogen-bond acceptors (Lipinski definition) is 7. The number of carbonyl (C=O) groups excluding carboxylic acids is 1. The van der Waals surface area contributed by atoms with Gasteiger partial charge in [0.15, 0.2) is 0 Å². The van der Waals surface area contributed by atoms with Crippen LogP contribution in [0.15, 0.2) is 0 Å². The van der Waals surface area contributed by atoms with Gasteiger partial charge in [-0.3, -0.25) is 4.79 Å². The summed E-state index contributed by atoms with van der Waals surface area (Å²) < 4.78 is 5.46. The second-order valence-corrected chi connectivity index (χ2v) is 10.1. The number of hydrogen-bond donors (Lipinski definition) is 5. The fourth-order valence-electron chi connectivity index (χ4n) is 4.17. The second-order valence-electron chi connectivity index (χ2n) is 8.44.